The van der Waals surface area contributed by atoms with Crippen LogP contribution in [0.2, 0.25) is 0 Å². The van der Waals surface area contributed by atoms with Crippen molar-refractivity contribution in [1.29, 1.82) is 0 Å². The molecule has 0 aromatic rings. The molecule has 0 aliphatic rings. The van der Waals surface area contributed by atoms with Crippen LogP contribution in [0.3, 0.4) is 0 Å². The van der Waals surface area contributed by atoms with Gasteiger partial charge >= 0.3 is 0 Å². The second-order valence-corrected chi connectivity index (χ2v) is 1.87. The maximum absolute atomic E-state index is 9.95. The molecule has 3 nitrogen and oxygen atoms in total. The molecule has 0 atom stereocenters. The van der Waals surface area contributed by atoms with Crippen LogP contribution in [0.5, 0.6) is 0 Å². The SMILES string of the molecule is C=CC(=O)NC.CCC(C)=O. The molecule has 0 aromatic carbocycles. The smallest absolute Gasteiger partial charge is 0.243 e. The first-order chi connectivity index (χ1) is 5.08. The largest absolute Gasteiger partial charge is 0.356 e. The molecule has 0 spiro atoms. The molecule has 0 radical (unpaired) electrons. The molecule has 64 valence electrons. The molecule has 1 amide bonds. The van der Waals surface area contributed by atoms with Gasteiger partial charge in [-0.3, -0.25) is 4.79 Å². The Bertz CT molecular complexity index is 141. The van der Waals surface area contributed by atoms with Crippen LogP contribution >= 0.6 is 0 Å². The number of ketones is 1. The van der Waals surface area contributed by atoms with Crippen LogP contribution in [-0.2, 0) is 9.59 Å². The van der Waals surface area contributed by atoms with Gasteiger partial charge in [0.25, 0.3) is 0 Å². The van der Waals surface area contributed by atoms with E-state index in [0.717, 1.165) is 0 Å². The summed E-state index contributed by atoms with van der Waals surface area (Å²) in [5.41, 5.74) is 0. The van der Waals surface area contributed by atoms with Crippen LogP contribution in [0.1, 0.15) is 20.3 Å². The number of hydrogen-bond donors (Lipinski definition) is 1. The Morgan fingerprint density at radius 2 is 1.91 bits per heavy atom. The molecule has 0 saturated carbocycles. The lowest BCUT2D eigenvalue weighted by Crippen LogP contribution is -2.13. The van der Waals surface area contributed by atoms with Gasteiger partial charge in [0.1, 0.15) is 5.78 Å². The Kier molecular flexibility index (Phi) is 10.1. The first kappa shape index (κ1) is 12.5. The van der Waals surface area contributed by atoms with E-state index in [4.69, 9.17) is 0 Å². The predicted molar refractivity (Wildman–Crippen MR) is 45.2 cm³/mol. The minimum absolute atomic E-state index is 0.144. The molecular formula is C8H15NO2. The summed E-state index contributed by atoms with van der Waals surface area (Å²) in [5, 5.41) is 2.36. The average molecular weight is 157 g/mol. The van der Waals surface area contributed by atoms with Crippen molar-refractivity contribution in [2.75, 3.05) is 7.05 Å². The molecule has 1 N–H and O–H groups in total. The van der Waals surface area contributed by atoms with Crippen molar-refractivity contribution in [2.45, 2.75) is 20.3 Å². The minimum atomic E-state index is -0.144. The Morgan fingerprint density at radius 1 is 1.55 bits per heavy atom. The molecule has 0 rings (SSSR count). The van der Waals surface area contributed by atoms with E-state index in [1.807, 2.05) is 6.92 Å². The van der Waals surface area contributed by atoms with E-state index in [0.29, 0.717) is 6.42 Å². The Hall–Kier alpha value is -1.12. The van der Waals surface area contributed by atoms with Gasteiger partial charge in [-0.15, -0.1) is 0 Å². The van der Waals surface area contributed by atoms with Gasteiger partial charge in [-0.25, -0.2) is 0 Å². The van der Waals surface area contributed by atoms with E-state index >= 15 is 0 Å². The maximum atomic E-state index is 9.95. The van der Waals surface area contributed by atoms with Crippen molar-refractivity contribution in [3.63, 3.8) is 0 Å². The summed E-state index contributed by atoms with van der Waals surface area (Å²) < 4.78 is 0. The van der Waals surface area contributed by atoms with Gasteiger partial charge in [-0.05, 0) is 13.0 Å². The van der Waals surface area contributed by atoms with E-state index in [2.05, 4.69) is 11.9 Å². The number of hydrogen-bond acceptors (Lipinski definition) is 2. The molecule has 0 aliphatic heterocycles. The summed E-state index contributed by atoms with van der Waals surface area (Å²) in [6.45, 7) is 6.65. The van der Waals surface area contributed by atoms with Gasteiger partial charge in [-0.2, -0.15) is 0 Å². The quantitative estimate of drug-likeness (QED) is 0.605. The summed E-state index contributed by atoms with van der Waals surface area (Å²) in [5.74, 6) is 0.111. The van der Waals surface area contributed by atoms with E-state index in [-0.39, 0.29) is 11.7 Å². The van der Waals surface area contributed by atoms with Crippen molar-refractivity contribution in [1.82, 2.24) is 5.32 Å². The molecule has 0 unspecified atom stereocenters. The summed E-state index contributed by atoms with van der Waals surface area (Å²) >= 11 is 0. The van der Waals surface area contributed by atoms with Gasteiger partial charge in [0.05, 0.1) is 0 Å². The second kappa shape index (κ2) is 8.88. The van der Waals surface area contributed by atoms with Gasteiger partial charge in [0, 0.05) is 13.5 Å². The van der Waals surface area contributed by atoms with Crippen molar-refractivity contribution < 1.29 is 9.59 Å². The Balaban J connectivity index is 0. The van der Waals surface area contributed by atoms with Crippen LogP contribution in [-0.4, -0.2) is 18.7 Å². The van der Waals surface area contributed by atoms with E-state index in [9.17, 15) is 9.59 Å². The number of Topliss-reactive ketones (excluding diaryl/α,β-unsaturated/α-hetero) is 1. The first-order valence-corrected chi connectivity index (χ1v) is 3.42. The van der Waals surface area contributed by atoms with E-state index < -0.39 is 0 Å². The van der Waals surface area contributed by atoms with E-state index in [1.165, 1.54) is 6.08 Å². The third-order valence-corrected chi connectivity index (χ3v) is 0.930. The van der Waals surface area contributed by atoms with Crippen molar-refractivity contribution in [3.8, 4) is 0 Å². The number of likely N-dealkylation sites (N-methyl/N-ethyl adjacent to an activating group) is 1. The highest BCUT2D eigenvalue weighted by molar-refractivity contribution is 5.86. The van der Waals surface area contributed by atoms with Crippen LogP contribution in [0, 0.1) is 0 Å². The van der Waals surface area contributed by atoms with E-state index in [1.54, 1.807) is 14.0 Å². The lowest BCUT2D eigenvalue weighted by Gasteiger charge is -1.82. The molecule has 0 aliphatic carbocycles. The molecule has 11 heavy (non-hydrogen) atoms. The van der Waals surface area contributed by atoms with Crippen LogP contribution in [0.4, 0.5) is 0 Å². The van der Waals surface area contributed by atoms with Crippen molar-refractivity contribution in [2.24, 2.45) is 0 Å². The Labute approximate surface area is 67.5 Å². The molecule has 0 aromatic heterocycles. The fraction of sp³-hybridized carbons (Fsp3) is 0.500. The fourth-order valence-electron chi connectivity index (χ4n) is 0.102. The summed E-state index contributed by atoms with van der Waals surface area (Å²) in [4.78, 5) is 19.8. The minimum Gasteiger partial charge on any atom is -0.356 e. The van der Waals surface area contributed by atoms with Gasteiger partial charge in [0.2, 0.25) is 5.91 Å². The molecule has 3 heteroatoms. The number of amides is 1. The fourth-order valence-corrected chi connectivity index (χ4v) is 0.102. The average Bonchev–Trinajstić information content (AvgIpc) is 2.04. The normalized spacial score (nSPS) is 7.18. The lowest BCUT2D eigenvalue weighted by atomic mass is 10.4. The Morgan fingerprint density at radius 3 is 1.91 bits per heavy atom. The highest BCUT2D eigenvalue weighted by Crippen LogP contribution is 1.71. The highest BCUT2D eigenvalue weighted by Gasteiger charge is 1.78. The standard InChI is InChI=1S/C4H7NO.C4H8O/c1-3-4(6)5-2;1-3-4(2)5/h3H,1H2,2H3,(H,5,6);3H2,1-2H3. The number of carbonyl (C=O) groups excluding carboxylic acids is 2. The number of nitrogens with one attached hydrogen (secondary N) is 1. The maximum Gasteiger partial charge on any atom is 0.243 e. The van der Waals surface area contributed by atoms with Crippen molar-refractivity contribution >= 4 is 11.7 Å². The first-order valence-electron chi connectivity index (χ1n) is 3.42. The summed E-state index contributed by atoms with van der Waals surface area (Å²) in [6, 6.07) is 0. The summed E-state index contributed by atoms with van der Waals surface area (Å²) in [6.07, 6.45) is 1.89. The third kappa shape index (κ3) is 17.7. The molecule has 0 fully saturated rings. The number of carbonyl (C=O) groups is 2. The lowest BCUT2D eigenvalue weighted by molar-refractivity contribution is -0.117. The zero-order valence-corrected chi connectivity index (χ0v) is 7.31. The van der Waals surface area contributed by atoms with Crippen LogP contribution in [0.25, 0.3) is 0 Å². The molecule has 0 bridgehead atoms. The monoisotopic (exact) mass is 157 g/mol. The molecule has 0 heterocycles. The zero-order valence-electron chi connectivity index (χ0n) is 7.31. The van der Waals surface area contributed by atoms with Gasteiger partial charge < -0.3 is 10.1 Å². The zero-order chi connectivity index (χ0) is 9.28. The topological polar surface area (TPSA) is 46.2 Å². The second-order valence-electron chi connectivity index (χ2n) is 1.87. The third-order valence-electron chi connectivity index (χ3n) is 0.930. The predicted octanol–water partition coefficient (Wildman–Crippen LogP) is 0.904. The van der Waals surface area contributed by atoms with Gasteiger partial charge in [-0.1, -0.05) is 13.5 Å². The molecule has 0 saturated heterocycles. The highest BCUT2D eigenvalue weighted by atomic mass is 16.1. The van der Waals surface area contributed by atoms with Crippen molar-refractivity contribution in [3.05, 3.63) is 12.7 Å². The number of rotatable bonds is 2. The van der Waals surface area contributed by atoms with Crippen LogP contribution in [0.15, 0.2) is 12.7 Å². The molecular weight excluding hydrogens is 142 g/mol. The van der Waals surface area contributed by atoms with Crippen LogP contribution < -0.4 is 5.32 Å². The summed E-state index contributed by atoms with van der Waals surface area (Å²) in [7, 11) is 1.56. The van der Waals surface area contributed by atoms with Gasteiger partial charge in [0.15, 0.2) is 0 Å².